The molecule has 30 heavy (non-hydrogen) atoms. The molecule has 2 aromatic rings. The second-order valence-corrected chi connectivity index (χ2v) is 7.22. The number of carbonyl (C=O) groups excluding carboxylic acids is 2. The Labute approximate surface area is 181 Å². The number of amides is 2. The number of benzene rings is 2. The minimum absolute atomic E-state index is 0.0787. The minimum atomic E-state index is -0.641. The van der Waals surface area contributed by atoms with Crippen molar-refractivity contribution in [1.29, 1.82) is 0 Å². The smallest absolute Gasteiger partial charge is 0.257 e. The molecule has 1 atom stereocenters. The second kappa shape index (κ2) is 9.58. The number of rotatable bonds is 7. The van der Waals surface area contributed by atoms with E-state index in [1.54, 1.807) is 50.4 Å². The zero-order valence-corrected chi connectivity index (χ0v) is 18.1. The average molecular weight is 428 g/mol. The lowest BCUT2D eigenvalue weighted by atomic mass is 10.1. The maximum atomic E-state index is 13.2. The van der Waals surface area contributed by atoms with Gasteiger partial charge in [-0.05, 0) is 60.6 Å². The first-order valence-electron chi connectivity index (χ1n) is 9.60. The molecule has 1 fully saturated rings. The summed E-state index contributed by atoms with van der Waals surface area (Å²) in [6.45, 7) is 0.506. The van der Waals surface area contributed by atoms with Gasteiger partial charge in [0, 0.05) is 13.6 Å². The van der Waals surface area contributed by atoms with Crippen LogP contribution in [-0.4, -0.2) is 55.7 Å². The maximum Gasteiger partial charge on any atom is 0.257 e. The minimum Gasteiger partial charge on any atom is -0.497 e. The molecule has 1 saturated heterocycles. The van der Waals surface area contributed by atoms with Crippen LogP contribution in [0.25, 0.3) is 0 Å². The standard InChI is InChI=1S/C22H25N3O4S/c1-23-22(30)24(13-12-15-4-8-17(28-2)9-5-15)19-14-20(26)25(21(19)27)16-6-10-18(29-3)11-7-16/h4-11,19H,12-14H2,1-3H3,(H,23,30)/t19-/m0/s1. The third kappa shape index (κ3) is 4.54. The van der Waals surface area contributed by atoms with Crippen LogP contribution in [0.3, 0.4) is 0 Å². The van der Waals surface area contributed by atoms with Crippen molar-refractivity contribution in [3.63, 3.8) is 0 Å². The predicted molar refractivity (Wildman–Crippen MR) is 119 cm³/mol. The molecule has 1 N–H and O–H groups in total. The molecule has 0 bridgehead atoms. The summed E-state index contributed by atoms with van der Waals surface area (Å²) in [5, 5.41) is 3.38. The number of methoxy groups -OCH3 is 2. The highest BCUT2D eigenvalue weighted by atomic mass is 32.1. The number of nitrogens with zero attached hydrogens (tertiary/aromatic N) is 2. The summed E-state index contributed by atoms with van der Waals surface area (Å²) in [6, 6.07) is 14.0. The Bertz CT molecular complexity index is 915. The molecule has 8 heteroatoms. The fourth-order valence-corrected chi connectivity index (χ4v) is 3.66. The molecule has 2 aromatic carbocycles. The van der Waals surface area contributed by atoms with E-state index in [4.69, 9.17) is 21.7 Å². The zero-order valence-electron chi connectivity index (χ0n) is 17.3. The Kier molecular flexibility index (Phi) is 6.89. The van der Waals surface area contributed by atoms with Crippen molar-refractivity contribution in [3.05, 3.63) is 54.1 Å². The van der Waals surface area contributed by atoms with E-state index >= 15 is 0 Å². The molecule has 1 aliphatic heterocycles. The van der Waals surface area contributed by atoms with Crippen LogP contribution < -0.4 is 19.7 Å². The van der Waals surface area contributed by atoms with Gasteiger partial charge in [0.2, 0.25) is 5.91 Å². The summed E-state index contributed by atoms with van der Waals surface area (Å²) < 4.78 is 10.3. The van der Waals surface area contributed by atoms with Gasteiger partial charge in [-0.2, -0.15) is 0 Å². The van der Waals surface area contributed by atoms with Gasteiger partial charge in [0.1, 0.15) is 17.5 Å². The van der Waals surface area contributed by atoms with E-state index < -0.39 is 6.04 Å². The number of nitrogens with one attached hydrogen (secondary N) is 1. The molecule has 0 saturated carbocycles. The van der Waals surface area contributed by atoms with Crippen molar-refractivity contribution < 1.29 is 19.1 Å². The van der Waals surface area contributed by atoms with E-state index in [2.05, 4.69) is 5.32 Å². The van der Waals surface area contributed by atoms with Gasteiger partial charge < -0.3 is 19.7 Å². The number of imide groups is 1. The molecule has 7 nitrogen and oxygen atoms in total. The first kappa shape index (κ1) is 21.6. The second-order valence-electron chi connectivity index (χ2n) is 6.83. The summed E-state index contributed by atoms with van der Waals surface area (Å²) in [4.78, 5) is 28.9. The van der Waals surface area contributed by atoms with Crippen molar-refractivity contribution in [3.8, 4) is 11.5 Å². The third-order valence-corrected chi connectivity index (χ3v) is 5.54. The molecule has 3 rings (SSSR count). The largest absolute Gasteiger partial charge is 0.497 e. The van der Waals surface area contributed by atoms with Crippen molar-refractivity contribution in [1.82, 2.24) is 10.2 Å². The van der Waals surface area contributed by atoms with Crippen molar-refractivity contribution in [2.24, 2.45) is 0 Å². The molecule has 158 valence electrons. The van der Waals surface area contributed by atoms with Crippen molar-refractivity contribution in [2.45, 2.75) is 18.9 Å². The lowest BCUT2D eigenvalue weighted by molar-refractivity contribution is -0.122. The fraction of sp³-hybridized carbons (Fsp3) is 0.318. The summed E-state index contributed by atoms with van der Waals surface area (Å²) in [5.74, 6) is 0.918. The number of anilines is 1. The van der Waals surface area contributed by atoms with Crippen molar-refractivity contribution >= 4 is 34.8 Å². The Morgan fingerprint density at radius 2 is 1.63 bits per heavy atom. The molecular formula is C22H25N3O4S. The number of hydrogen-bond acceptors (Lipinski definition) is 5. The summed E-state index contributed by atoms with van der Waals surface area (Å²) in [6.07, 6.45) is 0.752. The Balaban J connectivity index is 1.77. The average Bonchev–Trinajstić information content (AvgIpc) is 3.07. The van der Waals surface area contributed by atoms with E-state index in [1.165, 1.54) is 4.90 Å². The molecule has 1 heterocycles. The first-order valence-corrected chi connectivity index (χ1v) is 10.0. The van der Waals surface area contributed by atoms with Crippen LogP contribution in [0.15, 0.2) is 48.5 Å². The van der Waals surface area contributed by atoms with Gasteiger partial charge in [0.15, 0.2) is 5.11 Å². The molecule has 2 amide bonds. The summed E-state index contributed by atoms with van der Waals surface area (Å²) in [7, 11) is 4.90. The molecule has 0 unspecified atom stereocenters. The molecule has 1 aliphatic rings. The van der Waals surface area contributed by atoms with Gasteiger partial charge in [-0.25, -0.2) is 4.90 Å². The number of carbonyl (C=O) groups is 2. The first-order chi connectivity index (χ1) is 14.5. The van der Waals surface area contributed by atoms with Gasteiger partial charge in [0.25, 0.3) is 5.91 Å². The number of thiocarbonyl (C=S) groups is 1. The highest BCUT2D eigenvalue weighted by molar-refractivity contribution is 7.80. The van der Waals surface area contributed by atoms with E-state index in [0.29, 0.717) is 29.5 Å². The van der Waals surface area contributed by atoms with Crippen LogP contribution in [0.4, 0.5) is 5.69 Å². The summed E-state index contributed by atoms with van der Waals surface area (Å²) in [5.41, 5.74) is 1.61. The maximum absolute atomic E-state index is 13.2. The Morgan fingerprint density at radius 1 is 1.07 bits per heavy atom. The van der Waals surface area contributed by atoms with Crippen LogP contribution in [0.5, 0.6) is 11.5 Å². The van der Waals surface area contributed by atoms with E-state index in [-0.39, 0.29) is 18.2 Å². The van der Waals surface area contributed by atoms with Gasteiger partial charge in [-0.1, -0.05) is 12.1 Å². The molecule has 0 aliphatic carbocycles. The van der Waals surface area contributed by atoms with Gasteiger partial charge in [-0.3, -0.25) is 9.59 Å². The molecule has 0 radical (unpaired) electrons. The Morgan fingerprint density at radius 3 is 2.17 bits per heavy atom. The van der Waals surface area contributed by atoms with Crippen molar-refractivity contribution in [2.75, 3.05) is 32.7 Å². The Hall–Kier alpha value is -3.13. The van der Waals surface area contributed by atoms with E-state index in [9.17, 15) is 9.59 Å². The van der Waals surface area contributed by atoms with Crippen LogP contribution in [0.2, 0.25) is 0 Å². The zero-order chi connectivity index (χ0) is 21.7. The van der Waals surface area contributed by atoms with Gasteiger partial charge in [0.05, 0.1) is 26.3 Å². The van der Waals surface area contributed by atoms with Gasteiger partial charge in [-0.15, -0.1) is 0 Å². The normalized spacial score (nSPS) is 15.8. The molecule has 0 spiro atoms. The van der Waals surface area contributed by atoms with Crippen LogP contribution >= 0.6 is 12.2 Å². The van der Waals surface area contributed by atoms with E-state index in [0.717, 1.165) is 11.3 Å². The van der Waals surface area contributed by atoms with Crippen LogP contribution in [0.1, 0.15) is 12.0 Å². The molecule has 0 aromatic heterocycles. The third-order valence-electron chi connectivity index (χ3n) is 5.10. The highest BCUT2D eigenvalue weighted by Gasteiger charge is 2.43. The monoisotopic (exact) mass is 427 g/mol. The lowest BCUT2D eigenvalue weighted by Crippen LogP contribution is -2.49. The summed E-state index contributed by atoms with van der Waals surface area (Å²) >= 11 is 5.44. The highest BCUT2D eigenvalue weighted by Crippen LogP contribution is 2.27. The quantitative estimate of drug-likeness (QED) is 0.537. The van der Waals surface area contributed by atoms with Gasteiger partial charge >= 0.3 is 0 Å². The SMILES string of the molecule is CNC(=S)N(CCc1ccc(OC)cc1)[C@H]1CC(=O)N(c2ccc(OC)cc2)C1=O. The lowest BCUT2D eigenvalue weighted by Gasteiger charge is -2.29. The number of ether oxygens (including phenoxy) is 2. The van der Waals surface area contributed by atoms with Crippen LogP contribution in [0, 0.1) is 0 Å². The fourth-order valence-electron chi connectivity index (χ4n) is 3.45. The predicted octanol–water partition coefficient (Wildman–Crippen LogP) is 2.38. The van der Waals surface area contributed by atoms with Crippen LogP contribution in [-0.2, 0) is 16.0 Å². The topological polar surface area (TPSA) is 71.1 Å². The molecular weight excluding hydrogens is 402 g/mol. The van der Waals surface area contributed by atoms with E-state index in [1.807, 2.05) is 24.3 Å². The number of hydrogen-bond donors (Lipinski definition) is 1.